The zero-order valence-electron chi connectivity index (χ0n) is 11.4. The Morgan fingerprint density at radius 3 is 2.91 bits per heavy atom. The molecule has 0 saturated heterocycles. The minimum atomic E-state index is -0.444. The summed E-state index contributed by atoms with van der Waals surface area (Å²) in [7, 11) is 0. The molecular weight excluding hydrogens is 327 g/mol. The molecule has 0 aliphatic carbocycles. The molecule has 1 aromatic carbocycles. The lowest BCUT2D eigenvalue weighted by atomic mass is 10.2. The van der Waals surface area contributed by atoms with Crippen molar-refractivity contribution in [3.05, 3.63) is 62.1 Å². The first-order valence-electron chi connectivity index (χ1n) is 6.30. The van der Waals surface area contributed by atoms with Gasteiger partial charge in [0.1, 0.15) is 5.56 Å². The lowest BCUT2D eigenvalue weighted by Crippen LogP contribution is -2.17. The van der Waals surface area contributed by atoms with E-state index < -0.39 is 5.91 Å². The molecule has 0 aliphatic rings. The van der Waals surface area contributed by atoms with E-state index in [0.29, 0.717) is 16.4 Å². The maximum Gasteiger partial charge on any atom is 0.272 e. The monoisotopic (exact) mass is 336 g/mol. The Morgan fingerprint density at radius 2 is 2.14 bits per heavy atom. The van der Waals surface area contributed by atoms with E-state index in [1.165, 1.54) is 16.8 Å². The number of halogens is 2. The highest BCUT2D eigenvalue weighted by Crippen LogP contribution is 2.29. The van der Waals surface area contributed by atoms with E-state index in [1.54, 1.807) is 25.1 Å². The van der Waals surface area contributed by atoms with Crippen molar-refractivity contribution in [1.82, 2.24) is 14.6 Å². The number of anilines is 1. The number of nitrogens with one attached hydrogen (secondary N) is 2. The van der Waals surface area contributed by atoms with Crippen LogP contribution in [-0.4, -0.2) is 20.5 Å². The van der Waals surface area contributed by atoms with Gasteiger partial charge in [-0.2, -0.15) is 0 Å². The van der Waals surface area contributed by atoms with Gasteiger partial charge < -0.3 is 5.32 Å². The summed E-state index contributed by atoms with van der Waals surface area (Å²) in [5.74, 6) is -0.444. The number of hydrogen-bond donors (Lipinski definition) is 2. The molecule has 8 heteroatoms. The summed E-state index contributed by atoms with van der Waals surface area (Å²) in [5.41, 5.74) is 1.10. The minimum Gasteiger partial charge on any atom is -0.320 e. The first-order chi connectivity index (χ1) is 10.5. The van der Waals surface area contributed by atoms with E-state index in [9.17, 15) is 9.59 Å². The van der Waals surface area contributed by atoms with Crippen LogP contribution in [0.3, 0.4) is 0 Å². The second-order valence-electron chi connectivity index (χ2n) is 4.64. The van der Waals surface area contributed by atoms with Gasteiger partial charge in [-0.1, -0.05) is 29.3 Å². The Kier molecular flexibility index (Phi) is 3.64. The van der Waals surface area contributed by atoms with Crippen molar-refractivity contribution >= 4 is 40.4 Å². The number of hydrogen-bond acceptors (Lipinski definition) is 3. The van der Waals surface area contributed by atoms with E-state index >= 15 is 0 Å². The zero-order chi connectivity index (χ0) is 15.9. The van der Waals surface area contributed by atoms with Crippen molar-refractivity contribution in [3.8, 4) is 0 Å². The quantitative estimate of drug-likeness (QED) is 0.755. The molecule has 0 fully saturated rings. The van der Waals surface area contributed by atoms with Gasteiger partial charge >= 0.3 is 0 Å². The molecule has 112 valence electrons. The highest BCUT2D eigenvalue weighted by Gasteiger charge is 2.16. The molecule has 0 aliphatic heterocycles. The normalized spacial score (nSPS) is 10.9. The fourth-order valence-corrected chi connectivity index (χ4v) is 2.40. The first kappa shape index (κ1) is 14.6. The van der Waals surface area contributed by atoms with E-state index in [1.807, 2.05) is 0 Å². The van der Waals surface area contributed by atoms with Crippen molar-refractivity contribution in [3.63, 3.8) is 0 Å². The number of amides is 1. The third kappa shape index (κ3) is 2.47. The number of fused-ring (bicyclic) bond motifs is 1. The standard InChI is InChI=1S/C14H10Cl2N4O2/c1-7-5-11(21)20-13(18-7)8(6-17-20)14(22)19-10-4-2-3-9(15)12(10)16/h2-6,17H,1H3,(H,19,22). The predicted molar refractivity (Wildman–Crippen MR) is 85.0 cm³/mol. The molecule has 2 N–H and O–H groups in total. The zero-order valence-corrected chi connectivity index (χ0v) is 12.9. The smallest absolute Gasteiger partial charge is 0.272 e. The summed E-state index contributed by atoms with van der Waals surface area (Å²) >= 11 is 12.0. The molecule has 22 heavy (non-hydrogen) atoms. The molecule has 2 aromatic heterocycles. The maximum atomic E-state index is 12.4. The van der Waals surface area contributed by atoms with Crippen molar-refractivity contribution in [2.75, 3.05) is 5.32 Å². The van der Waals surface area contributed by atoms with Crippen molar-refractivity contribution in [2.45, 2.75) is 6.92 Å². The molecule has 0 radical (unpaired) electrons. The SMILES string of the molecule is Cc1cc(=O)n2[nH]cc(C(=O)Nc3cccc(Cl)c3Cl)c2n1. The van der Waals surface area contributed by atoms with Crippen LogP contribution in [0.2, 0.25) is 10.0 Å². The lowest BCUT2D eigenvalue weighted by Gasteiger charge is -2.07. The summed E-state index contributed by atoms with van der Waals surface area (Å²) in [6, 6.07) is 6.30. The number of rotatable bonds is 2. The molecular formula is C14H10Cl2N4O2. The molecule has 0 spiro atoms. The molecule has 3 rings (SSSR count). The summed E-state index contributed by atoms with van der Waals surface area (Å²) in [4.78, 5) is 28.4. The summed E-state index contributed by atoms with van der Waals surface area (Å²) < 4.78 is 1.20. The predicted octanol–water partition coefficient (Wildman–Crippen LogP) is 2.89. The highest BCUT2D eigenvalue weighted by atomic mass is 35.5. The number of benzene rings is 1. The first-order valence-corrected chi connectivity index (χ1v) is 7.06. The summed E-state index contributed by atoms with van der Waals surface area (Å²) in [5, 5.41) is 5.94. The number of carbonyl (C=O) groups is 1. The molecule has 1 amide bonds. The molecule has 0 bridgehead atoms. The van der Waals surface area contributed by atoms with Crippen LogP contribution in [0, 0.1) is 6.92 Å². The average molecular weight is 337 g/mol. The number of carbonyl (C=O) groups excluding carboxylic acids is 1. The van der Waals surface area contributed by atoms with Gasteiger partial charge in [0.15, 0.2) is 5.65 Å². The lowest BCUT2D eigenvalue weighted by molar-refractivity contribution is 0.102. The van der Waals surface area contributed by atoms with Gasteiger partial charge in [0.2, 0.25) is 0 Å². The maximum absolute atomic E-state index is 12.4. The Morgan fingerprint density at radius 1 is 1.36 bits per heavy atom. The molecule has 6 nitrogen and oxygen atoms in total. The summed E-state index contributed by atoms with van der Waals surface area (Å²) in [6.07, 6.45) is 1.41. The second-order valence-corrected chi connectivity index (χ2v) is 5.42. The van der Waals surface area contributed by atoms with Gasteiger partial charge in [-0.05, 0) is 19.1 Å². The van der Waals surface area contributed by atoms with Gasteiger partial charge in [-0.25, -0.2) is 9.50 Å². The Labute approximate surface area is 134 Å². The molecule has 3 aromatic rings. The van der Waals surface area contributed by atoms with Gasteiger partial charge in [-0.15, -0.1) is 0 Å². The number of aromatic amines is 1. The van der Waals surface area contributed by atoms with Crippen LogP contribution in [0.15, 0.2) is 35.3 Å². The van der Waals surface area contributed by atoms with Gasteiger partial charge in [0.25, 0.3) is 11.5 Å². The van der Waals surface area contributed by atoms with E-state index in [0.717, 1.165) is 0 Å². The molecule has 0 saturated carbocycles. The van der Waals surface area contributed by atoms with E-state index in [2.05, 4.69) is 15.4 Å². The third-order valence-electron chi connectivity index (χ3n) is 3.07. The Balaban J connectivity index is 2.03. The van der Waals surface area contributed by atoms with Crippen LogP contribution < -0.4 is 10.9 Å². The topological polar surface area (TPSA) is 79.3 Å². The van der Waals surface area contributed by atoms with Crippen LogP contribution in [0.25, 0.3) is 5.65 Å². The van der Waals surface area contributed by atoms with Crippen LogP contribution in [0.5, 0.6) is 0 Å². The van der Waals surface area contributed by atoms with Gasteiger partial charge in [0.05, 0.1) is 15.7 Å². The van der Waals surface area contributed by atoms with Crippen LogP contribution >= 0.6 is 23.2 Å². The number of aryl methyl sites for hydroxylation is 1. The van der Waals surface area contributed by atoms with E-state index in [4.69, 9.17) is 23.2 Å². The fourth-order valence-electron chi connectivity index (χ4n) is 2.05. The van der Waals surface area contributed by atoms with Crippen LogP contribution in [0.4, 0.5) is 5.69 Å². The molecule has 0 atom stereocenters. The average Bonchev–Trinajstić information content (AvgIpc) is 2.88. The highest BCUT2D eigenvalue weighted by molar-refractivity contribution is 6.44. The van der Waals surface area contributed by atoms with Crippen molar-refractivity contribution < 1.29 is 4.79 Å². The Hall–Kier alpha value is -2.31. The third-order valence-corrected chi connectivity index (χ3v) is 3.89. The number of H-pyrrole nitrogens is 1. The second kappa shape index (κ2) is 5.47. The van der Waals surface area contributed by atoms with Crippen molar-refractivity contribution in [2.24, 2.45) is 0 Å². The molecule has 0 unspecified atom stereocenters. The van der Waals surface area contributed by atoms with E-state index in [-0.39, 0.29) is 21.8 Å². The Bertz CT molecular complexity index is 946. The summed E-state index contributed by atoms with van der Waals surface area (Å²) in [6.45, 7) is 1.68. The fraction of sp³-hybridized carbons (Fsp3) is 0.0714. The van der Waals surface area contributed by atoms with Crippen molar-refractivity contribution in [1.29, 1.82) is 0 Å². The largest absolute Gasteiger partial charge is 0.320 e. The van der Waals surface area contributed by atoms with Gasteiger partial charge in [0, 0.05) is 18.0 Å². The van der Waals surface area contributed by atoms with Crippen LogP contribution in [-0.2, 0) is 0 Å². The van der Waals surface area contributed by atoms with Crippen LogP contribution in [0.1, 0.15) is 16.1 Å². The molecule has 2 heterocycles. The number of nitrogens with zero attached hydrogens (tertiary/aromatic N) is 2. The minimum absolute atomic E-state index is 0.233. The number of aromatic nitrogens is 3. The van der Waals surface area contributed by atoms with Gasteiger partial charge in [-0.3, -0.25) is 14.7 Å².